The van der Waals surface area contributed by atoms with Crippen molar-refractivity contribution in [1.82, 2.24) is 0 Å². The normalized spacial score (nSPS) is 20.6. The highest BCUT2D eigenvalue weighted by molar-refractivity contribution is 5.83. The maximum atomic E-state index is 8.90. The maximum Gasteiger partial charge on any atom is 0.0770 e. The lowest BCUT2D eigenvalue weighted by Crippen LogP contribution is -2.18. The molecule has 12 heavy (non-hydrogen) atoms. The molecule has 1 atom stereocenters. The summed E-state index contributed by atoms with van der Waals surface area (Å²) in [5.41, 5.74) is 2.47. The number of benzene rings is 1. The molecule has 1 aliphatic heterocycles. The third kappa shape index (κ3) is 1.25. The fourth-order valence-electron chi connectivity index (χ4n) is 1.45. The lowest BCUT2D eigenvalue weighted by atomic mass is 9.99. The van der Waals surface area contributed by atoms with Crippen LogP contribution in [0.15, 0.2) is 29.3 Å². The van der Waals surface area contributed by atoms with Crippen LogP contribution in [-0.2, 0) is 6.42 Å². The fourth-order valence-corrected chi connectivity index (χ4v) is 1.45. The molecule has 2 rings (SSSR count). The zero-order chi connectivity index (χ0) is 8.39. The number of rotatable bonds is 1. The SMILES string of the molecule is OCC1Cc2ccccc2C=N1. The molecule has 2 nitrogen and oxygen atoms in total. The number of aliphatic hydroxyl groups excluding tert-OH is 1. The van der Waals surface area contributed by atoms with Crippen LogP contribution < -0.4 is 0 Å². The molecule has 62 valence electrons. The van der Waals surface area contributed by atoms with Crippen molar-refractivity contribution < 1.29 is 5.11 Å². The fraction of sp³-hybridized carbons (Fsp3) is 0.300. The molecule has 1 N–H and O–H groups in total. The molecule has 0 saturated heterocycles. The molecule has 0 amide bonds. The quantitative estimate of drug-likeness (QED) is 0.655. The second-order valence-electron chi connectivity index (χ2n) is 3.02. The van der Waals surface area contributed by atoms with Crippen molar-refractivity contribution in [2.24, 2.45) is 4.99 Å². The molecule has 0 spiro atoms. The molecular formula is C10H11NO. The molecular weight excluding hydrogens is 150 g/mol. The maximum absolute atomic E-state index is 8.90. The van der Waals surface area contributed by atoms with E-state index in [4.69, 9.17) is 5.11 Å². The Hall–Kier alpha value is -1.15. The molecule has 0 aromatic heterocycles. The zero-order valence-corrected chi connectivity index (χ0v) is 6.77. The number of aliphatic imine (C=N–C) groups is 1. The Morgan fingerprint density at radius 2 is 2.25 bits per heavy atom. The van der Waals surface area contributed by atoms with Crippen LogP contribution in [0.3, 0.4) is 0 Å². The van der Waals surface area contributed by atoms with E-state index >= 15 is 0 Å². The Labute approximate surface area is 71.6 Å². The monoisotopic (exact) mass is 161 g/mol. The van der Waals surface area contributed by atoms with E-state index in [9.17, 15) is 0 Å². The van der Waals surface area contributed by atoms with Crippen LogP contribution in [0.25, 0.3) is 0 Å². The molecule has 1 unspecified atom stereocenters. The summed E-state index contributed by atoms with van der Waals surface area (Å²) in [5.74, 6) is 0. The van der Waals surface area contributed by atoms with Crippen molar-refractivity contribution in [1.29, 1.82) is 0 Å². The third-order valence-corrected chi connectivity index (χ3v) is 2.15. The van der Waals surface area contributed by atoms with Gasteiger partial charge in [-0.05, 0) is 17.5 Å². The Kier molecular flexibility index (Phi) is 1.92. The predicted octanol–water partition coefficient (Wildman–Crippen LogP) is 1.02. The highest BCUT2D eigenvalue weighted by Gasteiger charge is 2.12. The van der Waals surface area contributed by atoms with Gasteiger partial charge in [-0.1, -0.05) is 24.3 Å². The summed E-state index contributed by atoms with van der Waals surface area (Å²) in [4.78, 5) is 4.21. The summed E-state index contributed by atoms with van der Waals surface area (Å²) in [5, 5.41) is 8.90. The average molecular weight is 161 g/mol. The van der Waals surface area contributed by atoms with E-state index in [-0.39, 0.29) is 12.6 Å². The lowest BCUT2D eigenvalue weighted by molar-refractivity contribution is 0.265. The number of hydrogen-bond donors (Lipinski definition) is 1. The molecule has 1 aliphatic rings. The largest absolute Gasteiger partial charge is 0.394 e. The van der Waals surface area contributed by atoms with Crippen LogP contribution in [-0.4, -0.2) is 24.0 Å². The Balaban J connectivity index is 2.33. The van der Waals surface area contributed by atoms with E-state index in [2.05, 4.69) is 11.1 Å². The van der Waals surface area contributed by atoms with E-state index in [1.54, 1.807) is 0 Å². The zero-order valence-electron chi connectivity index (χ0n) is 6.77. The molecule has 0 radical (unpaired) electrons. The first-order valence-electron chi connectivity index (χ1n) is 4.12. The second kappa shape index (κ2) is 3.07. The van der Waals surface area contributed by atoms with Gasteiger partial charge in [0.2, 0.25) is 0 Å². The number of aliphatic hydroxyl groups is 1. The summed E-state index contributed by atoms with van der Waals surface area (Å²) in [6, 6.07) is 8.23. The van der Waals surface area contributed by atoms with Crippen LogP contribution in [0.5, 0.6) is 0 Å². The molecule has 0 fully saturated rings. The van der Waals surface area contributed by atoms with Gasteiger partial charge in [-0.2, -0.15) is 0 Å². The predicted molar refractivity (Wildman–Crippen MR) is 48.6 cm³/mol. The van der Waals surface area contributed by atoms with Gasteiger partial charge in [-0.25, -0.2) is 0 Å². The van der Waals surface area contributed by atoms with Gasteiger partial charge in [0.05, 0.1) is 12.6 Å². The topological polar surface area (TPSA) is 32.6 Å². The first kappa shape index (κ1) is 7.50. The summed E-state index contributed by atoms with van der Waals surface area (Å²) < 4.78 is 0. The van der Waals surface area contributed by atoms with Gasteiger partial charge in [0, 0.05) is 6.21 Å². The van der Waals surface area contributed by atoms with Crippen LogP contribution in [0.2, 0.25) is 0 Å². The van der Waals surface area contributed by atoms with Crippen molar-refractivity contribution in [3.63, 3.8) is 0 Å². The summed E-state index contributed by atoms with van der Waals surface area (Å²) in [7, 11) is 0. The van der Waals surface area contributed by atoms with Crippen molar-refractivity contribution >= 4 is 6.21 Å². The summed E-state index contributed by atoms with van der Waals surface area (Å²) in [6.07, 6.45) is 2.71. The summed E-state index contributed by atoms with van der Waals surface area (Å²) >= 11 is 0. The number of fused-ring (bicyclic) bond motifs is 1. The minimum absolute atomic E-state index is 0.0694. The molecule has 0 aliphatic carbocycles. The third-order valence-electron chi connectivity index (χ3n) is 2.15. The van der Waals surface area contributed by atoms with E-state index in [0.717, 1.165) is 6.42 Å². The Bertz CT molecular complexity index is 306. The van der Waals surface area contributed by atoms with E-state index in [1.807, 2.05) is 24.4 Å². The molecule has 1 aromatic carbocycles. The van der Waals surface area contributed by atoms with E-state index in [1.165, 1.54) is 11.1 Å². The summed E-state index contributed by atoms with van der Waals surface area (Å²) in [6.45, 7) is 0.144. The van der Waals surface area contributed by atoms with Gasteiger partial charge < -0.3 is 5.11 Å². The van der Waals surface area contributed by atoms with Crippen molar-refractivity contribution in [2.75, 3.05) is 6.61 Å². The van der Waals surface area contributed by atoms with Gasteiger partial charge in [-0.3, -0.25) is 4.99 Å². The van der Waals surface area contributed by atoms with Gasteiger partial charge in [0.25, 0.3) is 0 Å². The van der Waals surface area contributed by atoms with Gasteiger partial charge in [0.15, 0.2) is 0 Å². The molecule has 2 heteroatoms. The van der Waals surface area contributed by atoms with E-state index < -0.39 is 0 Å². The molecule has 1 heterocycles. The lowest BCUT2D eigenvalue weighted by Gasteiger charge is -2.16. The minimum Gasteiger partial charge on any atom is -0.394 e. The molecule has 1 aromatic rings. The van der Waals surface area contributed by atoms with Gasteiger partial charge in [-0.15, -0.1) is 0 Å². The highest BCUT2D eigenvalue weighted by Crippen LogP contribution is 2.14. The van der Waals surface area contributed by atoms with Crippen molar-refractivity contribution in [3.05, 3.63) is 35.4 Å². The van der Waals surface area contributed by atoms with Crippen LogP contribution in [0, 0.1) is 0 Å². The highest BCUT2D eigenvalue weighted by atomic mass is 16.3. The average Bonchev–Trinajstić information content (AvgIpc) is 2.17. The van der Waals surface area contributed by atoms with Crippen molar-refractivity contribution in [2.45, 2.75) is 12.5 Å². The molecule has 0 bridgehead atoms. The molecule has 0 saturated carbocycles. The smallest absolute Gasteiger partial charge is 0.0770 e. The second-order valence-corrected chi connectivity index (χ2v) is 3.02. The standard InChI is InChI=1S/C10H11NO/c12-7-10-5-8-3-1-2-4-9(8)6-11-10/h1-4,6,10,12H,5,7H2. The van der Waals surface area contributed by atoms with E-state index in [0.29, 0.717) is 0 Å². The number of nitrogens with zero attached hydrogens (tertiary/aromatic N) is 1. The van der Waals surface area contributed by atoms with Crippen LogP contribution in [0.4, 0.5) is 0 Å². The van der Waals surface area contributed by atoms with Gasteiger partial charge in [0.1, 0.15) is 0 Å². The van der Waals surface area contributed by atoms with Crippen LogP contribution in [0.1, 0.15) is 11.1 Å². The number of hydrogen-bond acceptors (Lipinski definition) is 2. The van der Waals surface area contributed by atoms with Crippen molar-refractivity contribution in [3.8, 4) is 0 Å². The van der Waals surface area contributed by atoms with Crippen LogP contribution >= 0.6 is 0 Å². The Morgan fingerprint density at radius 1 is 1.42 bits per heavy atom. The minimum atomic E-state index is 0.0694. The Morgan fingerprint density at radius 3 is 3.08 bits per heavy atom. The van der Waals surface area contributed by atoms with Gasteiger partial charge >= 0.3 is 0 Å². The first-order valence-corrected chi connectivity index (χ1v) is 4.12. The first-order chi connectivity index (χ1) is 5.90.